The van der Waals surface area contributed by atoms with E-state index in [4.69, 9.17) is 16.3 Å². The van der Waals surface area contributed by atoms with Crippen molar-refractivity contribution in [2.24, 2.45) is 0 Å². The molecule has 1 saturated heterocycles. The Hall–Kier alpha value is -2.18. The van der Waals surface area contributed by atoms with Gasteiger partial charge in [0.15, 0.2) is 0 Å². The highest BCUT2D eigenvalue weighted by Gasteiger charge is 2.33. The highest BCUT2D eigenvalue weighted by Crippen LogP contribution is 2.24. The summed E-state index contributed by atoms with van der Waals surface area (Å²) in [6.07, 6.45) is 1.94. The number of halogens is 1. The summed E-state index contributed by atoms with van der Waals surface area (Å²) >= 11 is 7.50. The SMILES string of the molecule is COc1ccc(NC(=O)C2CCCN2C(=O)CCSc2ccc(Cl)cc2)cc1. The van der Waals surface area contributed by atoms with Gasteiger partial charge in [-0.3, -0.25) is 9.59 Å². The largest absolute Gasteiger partial charge is 0.497 e. The second-order valence-electron chi connectivity index (χ2n) is 6.52. The summed E-state index contributed by atoms with van der Waals surface area (Å²) in [4.78, 5) is 28.1. The van der Waals surface area contributed by atoms with Gasteiger partial charge in [0, 0.05) is 34.3 Å². The van der Waals surface area contributed by atoms with E-state index in [1.54, 1.807) is 48.0 Å². The Morgan fingerprint density at radius 2 is 1.89 bits per heavy atom. The van der Waals surface area contributed by atoms with E-state index in [2.05, 4.69) is 5.32 Å². The summed E-state index contributed by atoms with van der Waals surface area (Å²) < 4.78 is 5.12. The molecule has 1 unspecified atom stereocenters. The number of amides is 2. The van der Waals surface area contributed by atoms with Gasteiger partial charge >= 0.3 is 0 Å². The first-order valence-electron chi connectivity index (χ1n) is 9.19. The van der Waals surface area contributed by atoms with Crippen LogP contribution in [0.2, 0.25) is 5.02 Å². The Morgan fingerprint density at radius 3 is 2.57 bits per heavy atom. The Morgan fingerprint density at radius 1 is 1.18 bits per heavy atom. The van der Waals surface area contributed by atoms with Crippen molar-refractivity contribution in [2.75, 3.05) is 24.7 Å². The van der Waals surface area contributed by atoms with E-state index < -0.39 is 6.04 Å². The van der Waals surface area contributed by atoms with Crippen LogP contribution >= 0.6 is 23.4 Å². The molecule has 1 aliphatic rings. The molecule has 1 heterocycles. The van der Waals surface area contributed by atoms with Crippen molar-refractivity contribution < 1.29 is 14.3 Å². The van der Waals surface area contributed by atoms with Crippen molar-refractivity contribution in [3.63, 3.8) is 0 Å². The minimum absolute atomic E-state index is 0.0221. The molecule has 1 atom stereocenters. The van der Waals surface area contributed by atoms with Crippen molar-refractivity contribution in [3.05, 3.63) is 53.6 Å². The quantitative estimate of drug-likeness (QED) is 0.674. The van der Waals surface area contributed by atoms with Crippen LogP contribution in [-0.4, -0.2) is 42.2 Å². The Labute approximate surface area is 174 Å². The molecule has 5 nitrogen and oxygen atoms in total. The zero-order valence-electron chi connectivity index (χ0n) is 15.7. The molecule has 0 saturated carbocycles. The maximum Gasteiger partial charge on any atom is 0.247 e. The van der Waals surface area contributed by atoms with E-state index in [0.29, 0.717) is 35.8 Å². The zero-order chi connectivity index (χ0) is 19.9. The van der Waals surface area contributed by atoms with Gasteiger partial charge in [-0.05, 0) is 61.4 Å². The van der Waals surface area contributed by atoms with Crippen LogP contribution in [0.15, 0.2) is 53.4 Å². The smallest absolute Gasteiger partial charge is 0.247 e. The number of rotatable bonds is 7. The van der Waals surface area contributed by atoms with Gasteiger partial charge in [-0.1, -0.05) is 11.6 Å². The van der Waals surface area contributed by atoms with E-state index >= 15 is 0 Å². The van der Waals surface area contributed by atoms with Crippen LogP contribution in [0.4, 0.5) is 5.69 Å². The molecule has 1 aliphatic heterocycles. The number of likely N-dealkylation sites (tertiary alicyclic amines) is 1. The third-order valence-corrected chi connectivity index (χ3v) is 5.90. The van der Waals surface area contributed by atoms with Crippen LogP contribution in [0, 0.1) is 0 Å². The third-order valence-electron chi connectivity index (χ3n) is 4.63. The maximum absolute atomic E-state index is 12.7. The molecule has 1 fully saturated rings. The molecule has 7 heteroatoms. The fourth-order valence-electron chi connectivity index (χ4n) is 3.17. The molecule has 0 bridgehead atoms. The molecule has 0 spiro atoms. The van der Waals surface area contributed by atoms with Crippen molar-refractivity contribution in [1.82, 2.24) is 4.90 Å². The minimum atomic E-state index is -0.407. The minimum Gasteiger partial charge on any atom is -0.497 e. The maximum atomic E-state index is 12.7. The summed E-state index contributed by atoms with van der Waals surface area (Å²) in [5.41, 5.74) is 0.698. The van der Waals surface area contributed by atoms with Crippen LogP contribution in [0.25, 0.3) is 0 Å². The van der Waals surface area contributed by atoms with E-state index in [9.17, 15) is 9.59 Å². The molecule has 2 aromatic rings. The van der Waals surface area contributed by atoms with Crippen LogP contribution in [0.1, 0.15) is 19.3 Å². The van der Waals surface area contributed by atoms with E-state index in [1.807, 2.05) is 24.3 Å². The fraction of sp³-hybridized carbons (Fsp3) is 0.333. The van der Waals surface area contributed by atoms with Crippen LogP contribution in [0.5, 0.6) is 5.75 Å². The first kappa shape index (κ1) is 20.6. The number of nitrogens with zero attached hydrogens (tertiary/aromatic N) is 1. The van der Waals surface area contributed by atoms with Crippen LogP contribution in [0.3, 0.4) is 0 Å². The average molecular weight is 419 g/mol. The Balaban J connectivity index is 1.51. The lowest BCUT2D eigenvalue weighted by Gasteiger charge is -2.24. The monoisotopic (exact) mass is 418 g/mol. The van der Waals surface area contributed by atoms with Gasteiger partial charge in [-0.25, -0.2) is 0 Å². The lowest BCUT2D eigenvalue weighted by Crippen LogP contribution is -2.43. The molecule has 0 radical (unpaired) electrons. The normalized spacial score (nSPS) is 16.1. The number of ether oxygens (including phenoxy) is 1. The van der Waals surface area contributed by atoms with Gasteiger partial charge in [0.1, 0.15) is 11.8 Å². The lowest BCUT2D eigenvalue weighted by molar-refractivity contribution is -0.136. The number of benzene rings is 2. The molecule has 148 valence electrons. The van der Waals surface area contributed by atoms with Crippen molar-refractivity contribution in [3.8, 4) is 5.75 Å². The summed E-state index contributed by atoms with van der Waals surface area (Å²) in [7, 11) is 1.60. The molecule has 28 heavy (non-hydrogen) atoms. The van der Waals surface area contributed by atoms with Gasteiger partial charge in [-0.2, -0.15) is 0 Å². The fourth-order valence-corrected chi connectivity index (χ4v) is 4.14. The zero-order valence-corrected chi connectivity index (χ0v) is 17.3. The standard InChI is InChI=1S/C21H23ClN2O3S/c1-27-17-8-6-16(7-9-17)23-21(26)19-3-2-13-24(19)20(25)12-14-28-18-10-4-15(22)5-11-18/h4-11,19H,2-3,12-14H2,1H3,(H,23,26). The highest BCUT2D eigenvalue weighted by molar-refractivity contribution is 7.99. The predicted molar refractivity (Wildman–Crippen MR) is 113 cm³/mol. The number of carbonyl (C=O) groups is 2. The molecule has 3 rings (SSSR count). The van der Waals surface area contributed by atoms with Crippen LogP contribution in [-0.2, 0) is 9.59 Å². The molecule has 1 N–H and O–H groups in total. The first-order chi connectivity index (χ1) is 13.6. The summed E-state index contributed by atoms with van der Waals surface area (Å²) in [6, 6.07) is 14.3. The first-order valence-corrected chi connectivity index (χ1v) is 10.6. The molecule has 0 aromatic heterocycles. The second kappa shape index (κ2) is 9.85. The highest BCUT2D eigenvalue weighted by atomic mass is 35.5. The van der Waals surface area contributed by atoms with Crippen molar-refractivity contribution in [1.29, 1.82) is 0 Å². The molecule has 2 amide bonds. The summed E-state index contributed by atoms with van der Waals surface area (Å²) in [5.74, 6) is 1.29. The average Bonchev–Trinajstić information content (AvgIpc) is 3.20. The summed E-state index contributed by atoms with van der Waals surface area (Å²) in [6.45, 7) is 0.630. The lowest BCUT2D eigenvalue weighted by atomic mass is 10.2. The van der Waals surface area contributed by atoms with Gasteiger partial charge in [-0.15, -0.1) is 11.8 Å². The van der Waals surface area contributed by atoms with Gasteiger partial charge < -0.3 is 15.0 Å². The van der Waals surface area contributed by atoms with Crippen LogP contribution < -0.4 is 10.1 Å². The number of thioether (sulfide) groups is 1. The van der Waals surface area contributed by atoms with Gasteiger partial charge in [0.25, 0.3) is 0 Å². The van der Waals surface area contributed by atoms with E-state index in [1.165, 1.54) is 0 Å². The third kappa shape index (κ3) is 5.42. The number of anilines is 1. The number of nitrogens with one attached hydrogen (secondary N) is 1. The van der Waals surface area contributed by atoms with E-state index in [-0.39, 0.29) is 11.8 Å². The topological polar surface area (TPSA) is 58.6 Å². The summed E-state index contributed by atoms with van der Waals surface area (Å²) in [5, 5.41) is 3.60. The second-order valence-corrected chi connectivity index (χ2v) is 8.12. The predicted octanol–water partition coefficient (Wildman–Crippen LogP) is 4.46. The molecule has 0 aliphatic carbocycles. The van der Waals surface area contributed by atoms with Crippen molar-refractivity contribution >= 4 is 40.9 Å². The Bertz CT molecular complexity index is 811. The van der Waals surface area contributed by atoms with Gasteiger partial charge in [0.2, 0.25) is 11.8 Å². The Kier molecular flexibility index (Phi) is 7.23. The molecular weight excluding hydrogens is 396 g/mol. The number of hydrogen-bond acceptors (Lipinski definition) is 4. The number of methoxy groups -OCH3 is 1. The van der Waals surface area contributed by atoms with E-state index in [0.717, 1.165) is 17.1 Å². The molecular formula is C21H23ClN2O3S. The number of carbonyl (C=O) groups excluding carboxylic acids is 2. The number of hydrogen-bond donors (Lipinski definition) is 1. The molecule has 2 aromatic carbocycles. The van der Waals surface area contributed by atoms with Gasteiger partial charge in [0.05, 0.1) is 7.11 Å². The van der Waals surface area contributed by atoms with Crippen molar-refractivity contribution in [2.45, 2.75) is 30.2 Å².